The molecule has 1 aliphatic rings. The molecule has 4 heteroatoms. The van der Waals surface area contributed by atoms with E-state index in [4.69, 9.17) is 0 Å². The van der Waals surface area contributed by atoms with Crippen molar-refractivity contribution in [3.63, 3.8) is 0 Å². The summed E-state index contributed by atoms with van der Waals surface area (Å²) in [6, 6.07) is 0.414. The molecule has 0 atom stereocenters. The van der Waals surface area contributed by atoms with Crippen molar-refractivity contribution in [3.8, 4) is 0 Å². The van der Waals surface area contributed by atoms with Gasteiger partial charge in [0.2, 0.25) is 0 Å². The molecule has 1 fully saturated rings. The molecule has 1 heterocycles. The highest BCUT2D eigenvalue weighted by Gasteiger charge is 2.32. The molecule has 2 N–H and O–H groups in total. The van der Waals surface area contributed by atoms with Crippen molar-refractivity contribution in [2.24, 2.45) is 5.41 Å². The standard InChI is InChI=1S/C14H25N3O/c1-12(2)17-9-13(8-16-17)7-15-10-14(11-18)5-3-4-6-14/h8-9,12,15,18H,3-7,10-11H2,1-2H3. The third kappa shape index (κ3) is 3.12. The lowest BCUT2D eigenvalue weighted by Crippen LogP contribution is -2.34. The van der Waals surface area contributed by atoms with Crippen molar-refractivity contribution in [3.05, 3.63) is 18.0 Å². The molecule has 0 saturated heterocycles. The van der Waals surface area contributed by atoms with E-state index in [0.717, 1.165) is 25.9 Å². The van der Waals surface area contributed by atoms with Crippen molar-refractivity contribution >= 4 is 0 Å². The van der Waals surface area contributed by atoms with Crippen LogP contribution in [0.2, 0.25) is 0 Å². The fraction of sp³-hybridized carbons (Fsp3) is 0.786. The summed E-state index contributed by atoms with van der Waals surface area (Å²) in [5.41, 5.74) is 1.35. The highest BCUT2D eigenvalue weighted by Crippen LogP contribution is 2.36. The molecule has 0 bridgehead atoms. The second-order valence-electron chi connectivity index (χ2n) is 5.89. The van der Waals surface area contributed by atoms with Crippen LogP contribution in [0.15, 0.2) is 12.4 Å². The average Bonchev–Trinajstić information content (AvgIpc) is 2.98. The summed E-state index contributed by atoms with van der Waals surface area (Å²) in [7, 11) is 0. The minimum atomic E-state index is 0.133. The zero-order valence-corrected chi connectivity index (χ0v) is 11.5. The van der Waals surface area contributed by atoms with Crippen LogP contribution in [0.1, 0.15) is 51.1 Å². The Kier molecular flexibility index (Phi) is 4.40. The van der Waals surface area contributed by atoms with Crippen molar-refractivity contribution in [2.75, 3.05) is 13.2 Å². The van der Waals surface area contributed by atoms with Gasteiger partial charge in [0, 0.05) is 42.9 Å². The molecule has 4 nitrogen and oxygen atoms in total. The lowest BCUT2D eigenvalue weighted by Gasteiger charge is -2.26. The van der Waals surface area contributed by atoms with Gasteiger partial charge < -0.3 is 10.4 Å². The topological polar surface area (TPSA) is 50.1 Å². The van der Waals surface area contributed by atoms with Crippen LogP contribution in [-0.2, 0) is 6.54 Å². The SMILES string of the molecule is CC(C)n1cc(CNCC2(CO)CCCC2)cn1. The maximum atomic E-state index is 9.53. The molecule has 0 spiro atoms. The molecule has 0 radical (unpaired) electrons. The highest BCUT2D eigenvalue weighted by atomic mass is 16.3. The Hall–Kier alpha value is -0.870. The molecule has 0 aromatic carbocycles. The van der Waals surface area contributed by atoms with Crippen LogP contribution in [0.3, 0.4) is 0 Å². The van der Waals surface area contributed by atoms with Crippen molar-refractivity contribution < 1.29 is 5.11 Å². The summed E-state index contributed by atoms with van der Waals surface area (Å²) in [5, 5.41) is 17.3. The van der Waals surface area contributed by atoms with Crippen LogP contribution in [-0.4, -0.2) is 28.0 Å². The number of hydrogen-bond acceptors (Lipinski definition) is 3. The van der Waals surface area contributed by atoms with E-state index in [1.165, 1.54) is 18.4 Å². The summed E-state index contributed by atoms with van der Waals surface area (Å²) in [6.07, 6.45) is 8.84. The Morgan fingerprint density at radius 1 is 1.44 bits per heavy atom. The number of nitrogens with one attached hydrogen (secondary N) is 1. The maximum absolute atomic E-state index is 9.53. The number of aliphatic hydroxyl groups excluding tert-OH is 1. The third-order valence-corrected chi connectivity index (χ3v) is 4.01. The van der Waals surface area contributed by atoms with Gasteiger partial charge in [-0.2, -0.15) is 5.10 Å². The number of aromatic nitrogens is 2. The summed E-state index contributed by atoms with van der Waals surface area (Å²) in [6.45, 7) is 6.32. The molecule has 0 unspecified atom stereocenters. The molecule has 0 aliphatic heterocycles. The van der Waals surface area contributed by atoms with E-state index >= 15 is 0 Å². The first-order chi connectivity index (χ1) is 8.65. The second kappa shape index (κ2) is 5.85. The molecule has 102 valence electrons. The van der Waals surface area contributed by atoms with Crippen LogP contribution in [0.5, 0.6) is 0 Å². The van der Waals surface area contributed by atoms with Gasteiger partial charge in [0.05, 0.1) is 6.20 Å². The zero-order chi connectivity index (χ0) is 13.0. The molecule has 1 aromatic rings. The van der Waals surface area contributed by atoms with Gasteiger partial charge in [-0.3, -0.25) is 4.68 Å². The Labute approximate surface area is 109 Å². The van der Waals surface area contributed by atoms with Gasteiger partial charge in [0.1, 0.15) is 0 Å². The van der Waals surface area contributed by atoms with Gasteiger partial charge in [-0.15, -0.1) is 0 Å². The lowest BCUT2D eigenvalue weighted by molar-refractivity contribution is 0.128. The van der Waals surface area contributed by atoms with Gasteiger partial charge in [-0.1, -0.05) is 12.8 Å². The Morgan fingerprint density at radius 2 is 2.17 bits per heavy atom. The van der Waals surface area contributed by atoms with Crippen molar-refractivity contribution in [1.29, 1.82) is 0 Å². The fourth-order valence-electron chi connectivity index (χ4n) is 2.74. The van der Waals surface area contributed by atoms with Crippen LogP contribution in [0.4, 0.5) is 0 Å². The summed E-state index contributed by atoms with van der Waals surface area (Å²) in [4.78, 5) is 0. The van der Waals surface area contributed by atoms with Crippen molar-refractivity contribution in [1.82, 2.24) is 15.1 Å². The monoisotopic (exact) mass is 251 g/mol. The smallest absolute Gasteiger partial charge is 0.0534 e. The Bertz CT molecular complexity index is 367. The first-order valence-corrected chi connectivity index (χ1v) is 7.00. The quantitative estimate of drug-likeness (QED) is 0.814. The van der Waals surface area contributed by atoms with Crippen molar-refractivity contribution in [2.45, 2.75) is 52.1 Å². The molecule has 2 rings (SSSR count). The third-order valence-electron chi connectivity index (χ3n) is 4.01. The number of hydrogen-bond donors (Lipinski definition) is 2. The van der Waals surface area contributed by atoms with E-state index in [1.807, 2.05) is 10.9 Å². The summed E-state index contributed by atoms with van der Waals surface area (Å²) >= 11 is 0. The number of rotatable bonds is 6. The second-order valence-corrected chi connectivity index (χ2v) is 5.89. The lowest BCUT2D eigenvalue weighted by atomic mass is 9.87. The molecule has 1 aliphatic carbocycles. The van der Waals surface area contributed by atoms with E-state index in [2.05, 4.69) is 30.5 Å². The van der Waals surface area contributed by atoms with Gasteiger partial charge in [0.25, 0.3) is 0 Å². The molecule has 1 aromatic heterocycles. The summed E-state index contributed by atoms with van der Waals surface area (Å²) < 4.78 is 1.98. The van der Waals surface area contributed by atoms with E-state index in [0.29, 0.717) is 12.6 Å². The molecule has 18 heavy (non-hydrogen) atoms. The van der Waals surface area contributed by atoms with Gasteiger partial charge >= 0.3 is 0 Å². The number of aliphatic hydroxyl groups is 1. The first kappa shape index (κ1) is 13.6. The minimum absolute atomic E-state index is 0.133. The molecule has 1 saturated carbocycles. The van der Waals surface area contributed by atoms with E-state index < -0.39 is 0 Å². The predicted octanol–water partition coefficient (Wildman–Crippen LogP) is 2.11. The van der Waals surface area contributed by atoms with Crippen LogP contribution in [0.25, 0.3) is 0 Å². The van der Waals surface area contributed by atoms with E-state index in [1.54, 1.807) is 0 Å². The van der Waals surface area contributed by atoms with E-state index in [-0.39, 0.29) is 5.41 Å². The molecular formula is C14H25N3O. The molecular weight excluding hydrogens is 226 g/mol. The Balaban J connectivity index is 1.80. The summed E-state index contributed by atoms with van der Waals surface area (Å²) in [5.74, 6) is 0. The van der Waals surface area contributed by atoms with Crippen LogP contribution < -0.4 is 5.32 Å². The highest BCUT2D eigenvalue weighted by molar-refractivity contribution is 5.04. The van der Waals surface area contributed by atoms with Crippen LogP contribution in [0, 0.1) is 5.41 Å². The van der Waals surface area contributed by atoms with Gasteiger partial charge in [0.15, 0.2) is 0 Å². The van der Waals surface area contributed by atoms with Gasteiger partial charge in [-0.05, 0) is 26.7 Å². The molecule has 0 amide bonds. The van der Waals surface area contributed by atoms with E-state index in [9.17, 15) is 5.11 Å². The predicted molar refractivity (Wildman–Crippen MR) is 72.3 cm³/mol. The maximum Gasteiger partial charge on any atom is 0.0534 e. The van der Waals surface area contributed by atoms with Gasteiger partial charge in [-0.25, -0.2) is 0 Å². The fourth-order valence-corrected chi connectivity index (χ4v) is 2.74. The Morgan fingerprint density at radius 3 is 2.72 bits per heavy atom. The zero-order valence-electron chi connectivity index (χ0n) is 11.5. The number of nitrogens with zero attached hydrogens (tertiary/aromatic N) is 2. The normalized spacial score (nSPS) is 18.7. The largest absolute Gasteiger partial charge is 0.396 e. The first-order valence-electron chi connectivity index (χ1n) is 7.00. The minimum Gasteiger partial charge on any atom is -0.396 e. The average molecular weight is 251 g/mol. The van der Waals surface area contributed by atoms with Crippen LogP contribution >= 0.6 is 0 Å².